The molecule has 120 valence electrons. The first-order chi connectivity index (χ1) is 10.3. The summed E-state index contributed by atoms with van der Waals surface area (Å²) in [5.74, 6) is -0.768. The zero-order valence-corrected chi connectivity index (χ0v) is 12.9. The molecule has 2 heterocycles. The quantitative estimate of drug-likeness (QED) is 0.363. The van der Waals surface area contributed by atoms with E-state index in [4.69, 9.17) is 16.2 Å². The second kappa shape index (κ2) is 6.57. The maximum Gasteiger partial charge on any atom is 0.351 e. The number of hydrogen-bond donors (Lipinski definition) is 4. The van der Waals surface area contributed by atoms with Gasteiger partial charge in [0.05, 0.1) is 17.5 Å². The van der Waals surface area contributed by atoms with E-state index in [1.165, 1.54) is 12.3 Å². The van der Waals surface area contributed by atoms with Crippen LogP contribution in [0.5, 0.6) is 0 Å². The third kappa shape index (κ3) is 3.19. The molecule has 1 aliphatic rings. The number of hydrogen-bond acceptors (Lipinski definition) is 7. The molecule has 0 bridgehead atoms. The van der Waals surface area contributed by atoms with E-state index < -0.39 is 34.9 Å². The Labute approximate surface area is 133 Å². The molecule has 6 N–H and O–H groups in total. The number of carbonyl (C=O) groups excluding carboxylic acids is 1. The predicted molar refractivity (Wildman–Crippen MR) is 80.9 cm³/mol. The number of nitrogens with zero attached hydrogens (tertiary/aromatic N) is 2. The number of aliphatic hydroxyl groups is 2. The monoisotopic (exact) mass is 374 g/mol. The highest BCUT2D eigenvalue weighted by molar-refractivity contribution is 9.09. The fraction of sp³-hybridized carbons (Fsp3) is 0.417. The molecule has 1 aliphatic heterocycles. The van der Waals surface area contributed by atoms with Gasteiger partial charge < -0.3 is 26.4 Å². The molecule has 22 heavy (non-hydrogen) atoms. The van der Waals surface area contributed by atoms with Gasteiger partial charge in [-0.1, -0.05) is 15.9 Å². The van der Waals surface area contributed by atoms with Crippen LogP contribution < -0.4 is 17.2 Å². The molecular weight excluding hydrogens is 360 g/mol. The maximum absolute atomic E-state index is 12.0. The fourth-order valence-corrected chi connectivity index (χ4v) is 2.62. The molecule has 0 aromatic carbocycles. The van der Waals surface area contributed by atoms with Gasteiger partial charge in [0.25, 0.3) is 0 Å². The number of halogens is 1. The third-order valence-electron chi connectivity index (χ3n) is 3.18. The number of rotatable bonds is 4. The van der Waals surface area contributed by atoms with Gasteiger partial charge in [0.15, 0.2) is 6.23 Å². The summed E-state index contributed by atoms with van der Waals surface area (Å²) in [5.41, 5.74) is 10.2. The normalized spacial score (nSPS) is 28.3. The summed E-state index contributed by atoms with van der Waals surface area (Å²) in [6, 6.07) is 0. The average Bonchev–Trinajstić information content (AvgIpc) is 2.74. The number of nitrogens with two attached hydrogens (primary N) is 2. The highest BCUT2D eigenvalue weighted by Gasteiger charge is 2.43. The lowest BCUT2D eigenvalue weighted by Crippen LogP contribution is -2.34. The summed E-state index contributed by atoms with van der Waals surface area (Å²) in [5, 5.41) is 19.3. The molecule has 0 spiro atoms. The number of carbonyl (C=O) groups is 1. The Morgan fingerprint density at radius 3 is 2.82 bits per heavy atom. The van der Waals surface area contributed by atoms with Crippen molar-refractivity contribution in [1.29, 1.82) is 0 Å². The van der Waals surface area contributed by atoms with Gasteiger partial charge in [0.1, 0.15) is 11.9 Å². The molecule has 0 radical (unpaired) electrons. The van der Waals surface area contributed by atoms with Crippen LogP contribution in [-0.4, -0.2) is 49.3 Å². The smallest absolute Gasteiger partial charge is 0.351 e. The number of alkyl halides is 1. The topological polar surface area (TPSA) is 154 Å². The lowest BCUT2D eigenvalue weighted by atomic mass is 10.2. The fourth-order valence-electron chi connectivity index (χ4n) is 2.06. The lowest BCUT2D eigenvalue weighted by molar-refractivity contribution is -0.113. The van der Waals surface area contributed by atoms with Crippen LogP contribution in [-0.2, 0) is 9.53 Å². The summed E-state index contributed by atoms with van der Waals surface area (Å²) in [7, 11) is 0. The standard InChI is InChI=1S/C12H15BrN4O5/c13-8-6(4-18)22-11(9(8)20)17-3-5(1-2-7(14)19)10(15)16-12(17)21/h1-3,6,8-9,11,18,20H,4H2,(H2,14,19)(H2,15,16,21)/t6-,8+,9-,11-/m1/s1. The van der Waals surface area contributed by atoms with E-state index in [1.807, 2.05) is 0 Å². The zero-order chi connectivity index (χ0) is 16.4. The van der Waals surface area contributed by atoms with Gasteiger partial charge in [0, 0.05) is 17.8 Å². The first kappa shape index (κ1) is 16.6. The van der Waals surface area contributed by atoms with Crippen LogP contribution in [0.2, 0.25) is 0 Å². The van der Waals surface area contributed by atoms with Crippen molar-refractivity contribution in [3.63, 3.8) is 0 Å². The van der Waals surface area contributed by atoms with E-state index in [2.05, 4.69) is 20.9 Å². The molecule has 1 aromatic heterocycles. The molecule has 0 unspecified atom stereocenters. The van der Waals surface area contributed by atoms with E-state index in [1.54, 1.807) is 0 Å². The Balaban J connectivity index is 2.41. The van der Waals surface area contributed by atoms with E-state index in [-0.39, 0.29) is 18.0 Å². The Kier molecular flexibility index (Phi) is 4.96. The van der Waals surface area contributed by atoms with E-state index in [9.17, 15) is 19.8 Å². The van der Waals surface area contributed by atoms with E-state index in [0.29, 0.717) is 0 Å². The average molecular weight is 375 g/mol. The molecule has 0 aliphatic carbocycles. The summed E-state index contributed by atoms with van der Waals surface area (Å²) in [6.45, 7) is -0.324. The number of nitrogen functional groups attached to an aromatic ring is 1. The van der Waals surface area contributed by atoms with Gasteiger partial charge in [0.2, 0.25) is 5.91 Å². The number of ether oxygens (including phenoxy) is 1. The molecule has 1 fully saturated rings. The molecule has 1 aromatic rings. The van der Waals surface area contributed by atoms with Crippen molar-refractivity contribution in [3.8, 4) is 0 Å². The largest absolute Gasteiger partial charge is 0.394 e. The maximum atomic E-state index is 12.0. The van der Waals surface area contributed by atoms with Gasteiger partial charge in [-0.25, -0.2) is 4.79 Å². The first-order valence-electron chi connectivity index (χ1n) is 6.29. The lowest BCUT2D eigenvalue weighted by Gasteiger charge is -2.18. The van der Waals surface area contributed by atoms with E-state index >= 15 is 0 Å². The number of amides is 1. The van der Waals surface area contributed by atoms with Crippen molar-refractivity contribution >= 4 is 33.7 Å². The number of aromatic nitrogens is 2. The Bertz CT molecular complexity index is 661. The SMILES string of the molecule is NC(=O)C=Cc1cn([C@@H]2O[C@H](CO)[C@H](Br)[C@H]2O)c(=O)nc1N. The number of anilines is 1. The highest BCUT2D eigenvalue weighted by Crippen LogP contribution is 2.33. The molecule has 10 heteroatoms. The number of aliphatic hydroxyl groups excluding tert-OH is 2. The summed E-state index contributed by atoms with van der Waals surface area (Å²) in [4.78, 5) is 25.8. The number of primary amides is 1. The van der Waals surface area contributed by atoms with Crippen LogP contribution in [0.25, 0.3) is 6.08 Å². The first-order valence-corrected chi connectivity index (χ1v) is 7.21. The van der Waals surface area contributed by atoms with Crippen molar-refractivity contribution in [3.05, 3.63) is 28.3 Å². The summed E-state index contributed by atoms with van der Waals surface area (Å²) < 4.78 is 6.49. The van der Waals surface area contributed by atoms with Crippen LogP contribution in [0, 0.1) is 0 Å². The van der Waals surface area contributed by atoms with E-state index in [0.717, 1.165) is 10.6 Å². The van der Waals surface area contributed by atoms with Crippen LogP contribution in [0.3, 0.4) is 0 Å². The molecule has 0 saturated carbocycles. The molecule has 4 atom stereocenters. The van der Waals surface area contributed by atoms with Crippen molar-refractivity contribution in [1.82, 2.24) is 9.55 Å². The predicted octanol–water partition coefficient (Wildman–Crippen LogP) is -1.66. The minimum Gasteiger partial charge on any atom is -0.394 e. The minimum atomic E-state index is -1.08. The van der Waals surface area contributed by atoms with Gasteiger partial charge >= 0.3 is 5.69 Å². The Hall–Kier alpha value is -1.75. The van der Waals surface area contributed by atoms with Crippen molar-refractivity contribution in [2.45, 2.75) is 23.3 Å². The van der Waals surface area contributed by atoms with Crippen LogP contribution in [0.1, 0.15) is 11.8 Å². The molecule has 9 nitrogen and oxygen atoms in total. The summed E-state index contributed by atoms with van der Waals surface area (Å²) >= 11 is 3.20. The van der Waals surface area contributed by atoms with Gasteiger partial charge in [-0.3, -0.25) is 9.36 Å². The third-order valence-corrected chi connectivity index (χ3v) is 4.31. The van der Waals surface area contributed by atoms with Gasteiger partial charge in [-0.15, -0.1) is 0 Å². The molecule has 1 saturated heterocycles. The van der Waals surface area contributed by atoms with Gasteiger partial charge in [-0.2, -0.15) is 4.98 Å². The van der Waals surface area contributed by atoms with Crippen molar-refractivity contribution in [2.75, 3.05) is 12.3 Å². The van der Waals surface area contributed by atoms with Crippen molar-refractivity contribution < 1.29 is 19.7 Å². The Morgan fingerprint density at radius 1 is 1.59 bits per heavy atom. The molecule has 2 rings (SSSR count). The van der Waals surface area contributed by atoms with Crippen LogP contribution in [0.15, 0.2) is 17.1 Å². The molecular formula is C12H15BrN4O5. The second-order valence-corrected chi connectivity index (χ2v) is 5.75. The summed E-state index contributed by atoms with van der Waals surface area (Å²) in [6.07, 6.45) is 0.886. The zero-order valence-electron chi connectivity index (χ0n) is 11.3. The second-order valence-electron chi connectivity index (χ2n) is 4.69. The van der Waals surface area contributed by atoms with Crippen LogP contribution in [0.4, 0.5) is 5.82 Å². The minimum absolute atomic E-state index is 0.0830. The molecule has 1 amide bonds. The van der Waals surface area contributed by atoms with Crippen LogP contribution >= 0.6 is 15.9 Å². The van der Waals surface area contributed by atoms with Crippen molar-refractivity contribution in [2.24, 2.45) is 5.73 Å². The van der Waals surface area contributed by atoms with Gasteiger partial charge in [-0.05, 0) is 6.08 Å². The highest BCUT2D eigenvalue weighted by atomic mass is 79.9. The Morgan fingerprint density at radius 2 is 2.27 bits per heavy atom.